The average Bonchev–Trinajstić information content (AvgIpc) is 3.85. The fourth-order valence-electron chi connectivity index (χ4n) is 6.51. The maximum Gasteiger partial charge on any atom is 0.264 e. The molecule has 9 amide bonds. The Kier molecular flexibility index (Phi) is 29.5. The van der Waals surface area contributed by atoms with E-state index in [9.17, 15) is 48.3 Å². The Labute approximate surface area is 412 Å². The number of H-pyrrole nitrogens is 1. The number of aliphatic hydroxyl groups excluding tert-OH is 1. The predicted octanol–water partition coefficient (Wildman–Crippen LogP) is -7.64. The molecule has 400 valence electrons. The summed E-state index contributed by atoms with van der Waals surface area (Å²) in [4.78, 5) is 127. The van der Waals surface area contributed by atoms with E-state index in [1.54, 1.807) is 0 Å². The largest absolute Gasteiger partial charge is 0.389 e. The van der Waals surface area contributed by atoms with E-state index in [-0.39, 0.29) is 69.8 Å². The summed E-state index contributed by atoms with van der Waals surface area (Å²) in [5.41, 5.74) is 39.2. The lowest BCUT2D eigenvalue weighted by atomic mass is 10.1. The second kappa shape index (κ2) is 33.7. The Bertz CT molecular complexity index is 1940. The number of nitrogens with zero attached hydrogens (tertiary/aromatic N) is 2. The van der Waals surface area contributed by atoms with Gasteiger partial charge in [-0.15, -0.1) is 0 Å². The second-order valence-corrected chi connectivity index (χ2v) is 16.6. The molecule has 25 N–H and O–H groups in total. The monoisotopic (exact) mass is 1010 g/mol. The van der Waals surface area contributed by atoms with Gasteiger partial charge < -0.3 is 97.7 Å². The van der Waals surface area contributed by atoms with Gasteiger partial charge in [0.05, 0.1) is 25.0 Å². The van der Waals surface area contributed by atoms with Crippen LogP contribution in [0.5, 0.6) is 0 Å². The first-order chi connectivity index (χ1) is 33.6. The fraction of sp³-hybridized carbons (Fsp3) is 0.643. The van der Waals surface area contributed by atoms with Crippen LogP contribution in [0.1, 0.15) is 77.3 Å². The van der Waals surface area contributed by atoms with Crippen molar-refractivity contribution in [3.05, 3.63) is 30.0 Å². The SMILES string of the molecule is C[C@H](NC(=O)[C@@H](NC(=O)[C@@H](N)CCCCN)[C@@H](O)CN)C(=O)NCC(=O)N[C@H](CCCN)C(=O)N(C)[C@@H](C)C(=O)N[C@@H](Cc1cnc[nH]1)C(=O)N[C@@H](CCCCN)C(=O)N/C(=C\CCNC(=N)N)C(N)=O. The zero-order chi connectivity index (χ0) is 53.6. The maximum absolute atomic E-state index is 14.0. The summed E-state index contributed by atoms with van der Waals surface area (Å²) < 4.78 is 0. The lowest BCUT2D eigenvalue weighted by molar-refractivity contribution is -0.142. The number of carbonyl (C=O) groups excluding carboxylic acids is 9. The Hall–Kier alpha value is -6.79. The molecule has 0 aliphatic heterocycles. The van der Waals surface area contributed by atoms with Crippen molar-refractivity contribution in [1.29, 1.82) is 5.41 Å². The van der Waals surface area contributed by atoms with E-state index in [1.165, 1.54) is 39.5 Å². The predicted molar refractivity (Wildman–Crippen MR) is 260 cm³/mol. The van der Waals surface area contributed by atoms with E-state index >= 15 is 0 Å². The summed E-state index contributed by atoms with van der Waals surface area (Å²) in [6.45, 7) is 2.55. The van der Waals surface area contributed by atoms with Crippen LogP contribution >= 0.6 is 0 Å². The first kappa shape index (κ1) is 62.2. The molecule has 0 saturated heterocycles. The van der Waals surface area contributed by atoms with Gasteiger partial charge in [-0.2, -0.15) is 0 Å². The van der Waals surface area contributed by atoms with Gasteiger partial charge in [-0.05, 0) is 84.8 Å². The molecule has 0 aromatic carbocycles. The molecule has 0 saturated carbocycles. The number of nitrogens with two attached hydrogens (primary N) is 7. The number of unbranched alkanes of at least 4 members (excludes halogenated alkanes) is 2. The summed E-state index contributed by atoms with van der Waals surface area (Å²) in [5, 5.41) is 37.5. The fourth-order valence-corrected chi connectivity index (χ4v) is 6.51. The molecule has 1 rings (SSSR count). The molecule has 71 heavy (non-hydrogen) atoms. The minimum atomic E-state index is -1.56. The highest BCUT2D eigenvalue weighted by Gasteiger charge is 2.34. The van der Waals surface area contributed by atoms with E-state index in [1.807, 2.05) is 0 Å². The Morgan fingerprint density at radius 3 is 1.94 bits per heavy atom. The molecule has 8 atom stereocenters. The summed E-state index contributed by atoms with van der Waals surface area (Å²) in [5.74, 6) is -7.75. The van der Waals surface area contributed by atoms with Gasteiger partial charge in [-0.3, -0.25) is 48.6 Å². The van der Waals surface area contributed by atoms with Gasteiger partial charge in [0.15, 0.2) is 5.96 Å². The minimum Gasteiger partial charge on any atom is -0.389 e. The van der Waals surface area contributed by atoms with Crippen LogP contribution in [0.3, 0.4) is 0 Å². The number of amides is 9. The number of hydrogen-bond donors (Lipinski definition) is 18. The smallest absolute Gasteiger partial charge is 0.264 e. The standard InChI is InChI=1S/C42H77N19O10/c1-23(55-40(70)33(31(62)19-46)60-37(67)26(47)10-4-6-14-43)35(65)53-21-32(63)56-29(12-8-16-45)41(71)61(3)24(2)36(66)59-30(18-25-20-51-22-54-25)39(69)58-28(11-5-7-15-44)38(68)57-27(34(48)64)13-9-17-52-42(49)50/h13,20,22-24,26,28-31,33,62H,4-12,14-19,21,43-47H2,1-3H3,(H2,48,64)(H,51,54)(H,53,65)(H,55,70)(H,56,63)(H,57,68)(H,58,69)(H,59,66)(H,60,67)(H4,49,50,52)/b27-13-/t23-,24-,26-,28-,29+,30-,31-,33-/m0/s1. The Balaban J connectivity index is 3.13. The third kappa shape index (κ3) is 23.6. The number of likely N-dealkylation sites (N-methyl/N-ethyl adjacent to an activating group) is 1. The number of hydrogen-bond acceptors (Lipinski definition) is 17. The van der Waals surface area contributed by atoms with Crippen molar-refractivity contribution in [3.8, 4) is 0 Å². The minimum absolute atomic E-state index is 0.0217. The Morgan fingerprint density at radius 1 is 0.746 bits per heavy atom. The van der Waals surface area contributed by atoms with E-state index in [0.29, 0.717) is 37.9 Å². The molecule has 0 radical (unpaired) electrons. The van der Waals surface area contributed by atoms with Crippen molar-refractivity contribution in [2.24, 2.45) is 40.1 Å². The highest BCUT2D eigenvalue weighted by Crippen LogP contribution is 2.10. The quantitative estimate of drug-likeness (QED) is 0.0130. The zero-order valence-electron chi connectivity index (χ0n) is 40.7. The van der Waals surface area contributed by atoms with Gasteiger partial charge in [0.25, 0.3) is 5.91 Å². The van der Waals surface area contributed by atoms with Crippen molar-refractivity contribution in [2.45, 2.75) is 126 Å². The summed E-state index contributed by atoms with van der Waals surface area (Å²) in [7, 11) is 1.30. The highest BCUT2D eigenvalue weighted by atomic mass is 16.3. The molecule has 1 heterocycles. The second-order valence-electron chi connectivity index (χ2n) is 16.6. The van der Waals surface area contributed by atoms with Crippen LogP contribution in [-0.2, 0) is 49.6 Å². The maximum atomic E-state index is 14.0. The van der Waals surface area contributed by atoms with Crippen LogP contribution in [-0.4, -0.2) is 174 Å². The number of aliphatic hydroxyl groups is 1. The molecular formula is C42H77N19O10. The van der Waals surface area contributed by atoms with Crippen molar-refractivity contribution in [3.63, 3.8) is 0 Å². The Morgan fingerprint density at radius 2 is 1.37 bits per heavy atom. The lowest BCUT2D eigenvalue weighted by Gasteiger charge is -2.30. The van der Waals surface area contributed by atoms with Gasteiger partial charge in [0.1, 0.15) is 41.9 Å². The molecule has 0 unspecified atom stereocenters. The van der Waals surface area contributed by atoms with E-state index in [2.05, 4.69) is 52.5 Å². The number of nitrogens with one attached hydrogen (secondary N) is 10. The van der Waals surface area contributed by atoms with Gasteiger partial charge in [-0.1, -0.05) is 12.5 Å². The molecule has 1 aromatic rings. The first-order valence-electron chi connectivity index (χ1n) is 23.3. The number of carbonyl (C=O) groups is 9. The number of rotatable bonds is 35. The van der Waals surface area contributed by atoms with Crippen molar-refractivity contribution < 1.29 is 48.3 Å². The normalized spacial score (nSPS) is 14.6. The van der Waals surface area contributed by atoms with Crippen molar-refractivity contribution >= 4 is 59.1 Å². The van der Waals surface area contributed by atoms with Crippen LogP contribution < -0.4 is 82.7 Å². The summed E-state index contributed by atoms with van der Waals surface area (Å²) in [6, 6.07) is -8.95. The molecule has 0 aliphatic carbocycles. The summed E-state index contributed by atoms with van der Waals surface area (Å²) in [6.07, 6.45) is 5.24. The van der Waals surface area contributed by atoms with E-state index < -0.39 is 115 Å². The van der Waals surface area contributed by atoms with E-state index in [4.69, 9.17) is 45.5 Å². The topological polar surface area (TPSA) is 508 Å². The zero-order valence-corrected chi connectivity index (χ0v) is 40.7. The first-order valence-corrected chi connectivity index (χ1v) is 23.3. The number of guanidine groups is 1. The molecule has 0 spiro atoms. The van der Waals surface area contributed by atoms with Crippen LogP contribution in [0.15, 0.2) is 24.3 Å². The summed E-state index contributed by atoms with van der Waals surface area (Å²) >= 11 is 0. The van der Waals surface area contributed by atoms with Crippen LogP contribution in [0.25, 0.3) is 0 Å². The van der Waals surface area contributed by atoms with Crippen LogP contribution in [0.2, 0.25) is 0 Å². The molecule has 29 nitrogen and oxygen atoms in total. The van der Waals surface area contributed by atoms with Crippen LogP contribution in [0.4, 0.5) is 0 Å². The van der Waals surface area contributed by atoms with Gasteiger partial charge in [0.2, 0.25) is 47.3 Å². The van der Waals surface area contributed by atoms with Gasteiger partial charge >= 0.3 is 0 Å². The highest BCUT2D eigenvalue weighted by molar-refractivity contribution is 6.00. The molecule has 0 fully saturated rings. The van der Waals surface area contributed by atoms with E-state index in [0.717, 1.165) is 4.90 Å². The van der Waals surface area contributed by atoms with Crippen LogP contribution in [0, 0.1) is 5.41 Å². The van der Waals surface area contributed by atoms with Crippen molar-refractivity contribution in [1.82, 2.24) is 57.4 Å². The molecule has 0 aliphatic rings. The lowest BCUT2D eigenvalue weighted by Crippen LogP contribution is -2.60. The number of imidazole rings is 1. The van der Waals surface area contributed by atoms with Gasteiger partial charge in [-0.25, -0.2) is 4.98 Å². The molecule has 0 bridgehead atoms. The average molecular weight is 1010 g/mol. The number of aromatic nitrogens is 2. The number of primary amides is 1. The molecular weight excluding hydrogens is 931 g/mol. The number of aromatic amines is 1. The third-order valence-electron chi connectivity index (χ3n) is 10.8. The molecule has 1 aromatic heterocycles. The molecule has 29 heteroatoms. The van der Waals surface area contributed by atoms with Gasteiger partial charge in [0, 0.05) is 38.4 Å². The third-order valence-corrected chi connectivity index (χ3v) is 10.8. The van der Waals surface area contributed by atoms with Crippen molar-refractivity contribution in [2.75, 3.05) is 46.3 Å².